The van der Waals surface area contributed by atoms with Gasteiger partial charge in [-0.3, -0.25) is 0 Å². The highest BCUT2D eigenvalue weighted by Gasteiger charge is 2.18. The van der Waals surface area contributed by atoms with Gasteiger partial charge in [-0.25, -0.2) is 8.42 Å². The molecule has 112 valence electrons. The zero-order chi connectivity index (χ0) is 15.3. The molecule has 0 amide bonds. The zero-order valence-electron chi connectivity index (χ0n) is 12.2. The molecule has 0 unspecified atom stereocenters. The van der Waals surface area contributed by atoms with Crippen molar-refractivity contribution in [3.05, 3.63) is 54.1 Å². The predicted octanol–water partition coefficient (Wildman–Crippen LogP) is 2.99. The van der Waals surface area contributed by atoms with Crippen molar-refractivity contribution in [2.75, 3.05) is 12.8 Å². The van der Waals surface area contributed by atoms with Crippen LogP contribution in [0.15, 0.2) is 53.4 Å². The van der Waals surface area contributed by atoms with E-state index in [-0.39, 0.29) is 10.6 Å². The number of nitrogens with one attached hydrogen (secondary N) is 1. The summed E-state index contributed by atoms with van der Waals surface area (Å²) < 4.78 is 30.1. The van der Waals surface area contributed by atoms with Gasteiger partial charge in [0.05, 0.1) is 5.75 Å². The summed E-state index contributed by atoms with van der Waals surface area (Å²) in [5.41, 5.74) is 0.976. The van der Waals surface area contributed by atoms with Crippen LogP contribution in [0.4, 0.5) is 0 Å². The Labute approximate surface area is 125 Å². The van der Waals surface area contributed by atoms with Crippen molar-refractivity contribution < 1.29 is 13.2 Å². The van der Waals surface area contributed by atoms with Gasteiger partial charge in [-0.2, -0.15) is 0 Å². The Kier molecular flexibility index (Phi) is 4.98. The molecule has 0 fully saturated rings. The van der Waals surface area contributed by atoms with Crippen LogP contribution in [0.2, 0.25) is 0 Å². The summed E-state index contributed by atoms with van der Waals surface area (Å²) in [5, 5.41) is 3.07. The van der Waals surface area contributed by atoms with E-state index < -0.39 is 9.84 Å². The maximum absolute atomic E-state index is 12.1. The summed E-state index contributed by atoms with van der Waals surface area (Å²) in [6.45, 7) is 2.28. The maximum atomic E-state index is 12.1. The first-order chi connectivity index (χ1) is 10.1. The van der Waals surface area contributed by atoms with Gasteiger partial charge in [-0.15, -0.1) is 0 Å². The van der Waals surface area contributed by atoms with Gasteiger partial charge in [-0.1, -0.05) is 37.3 Å². The van der Waals surface area contributed by atoms with Gasteiger partial charge in [0.2, 0.25) is 0 Å². The van der Waals surface area contributed by atoms with Crippen LogP contribution in [0.5, 0.6) is 11.5 Å². The molecule has 0 spiro atoms. The molecule has 21 heavy (non-hydrogen) atoms. The largest absolute Gasteiger partial charge is 0.456 e. The van der Waals surface area contributed by atoms with Crippen molar-refractivity contribution in [2.24, 2.45) is 0 Å². The highest BCUT2D eigenvalue weighted by Crippen LogP contribution is 2.31. The van der Waals surface area contributed by atoms with Crippen LogP contribution < -0.4 is 10.1 Å². The number of sulfone groups is 1. The Morgan fingerprint density at radius 1 is 1.00 bits per heavy atom. The summed E-state index contributed by atoms with van der Waals surface area (Å²) in [7, 11) is -1.46. The molecule has 2 aromatic carbocycles. The molecule has 0 aliphatic heterocycles. The second-order valence-corrected chi connectivity index (χ2v) is 6.84. The Bertz CT molecular complexity index is 711. The van der Waals surface area contributed by atoms with E-state index in [4.69, 9.17) is 4.74 Å². The predicted molar refractivity (Wildman–Crippen MR) is 83.4 cm³/mol. The van der Waals surface area contributed by atoms with Gasteiger partial charge in [0, 0.05) is 12.1 Å². The van der Waals surface area contributed by atoms with Crippen molar-refractivity contribution in [1.82, 2.24) is 5.32 Å². The highest BCUT2D eigenvalue weighted by molar-refractivity contribution is 7.91. The Morgan fingerprint density at radius 2 is 1.62 bits per heavy atom. The first kappa shape index (κ1) is 15.5. The minimum Gasteiger partial charge on any atom is -0.456 e. The molecule has 0 heterocycles. The first-order valence-corrected chi connectivity index (χ1v) is 8.46. The Balaban J connectivity index is 2.42. The van der Waals surface area contributed by atoms with Crippen molar-refractivity contribution >= 4 is 9.84 Å². The SMILES string of the molecule is CCS(=O)(=O)c1ccccc1Oc1ccccc1CNC. The highest BCUT2D eigenvalue weighted by atomic mass is 32.2. The lowest BCUT2D eigenvalue weighted by Crippen LogP contribution is -2.08. The summed E-state index contributed by atoms with van der Waals surface area (Å²) in [6.07, 6.45) is 0. The second-order valence-electron chi connectivity index (χ2n) is 4.59. The van der Waals surface area contributed by atoms with E-state index in [1.54, 1.807) is 31.2 Å². The monoisotopic (exact) mass is 305 g/mol. The number of hydrogen-bond acceptors (Lipinski definition) is 4. The molecule has 0 bridgehead atoms. The summed E-state index contributed by atoms with van der Waals surface area (Å²) in [5.74, 6) is 1.07. The third kappa shape index (κ3) is 3.62. The van der Waals surface area contributed by atoms with Crippen LogP contribution in [0.25, 0.3) is 0 Å². The average Bonchev–Trinajstić information content (AvgIpc) is 2.50. The van der Waals surface area contributed by atoms with Crippen molar-refractivity contribution in [3.8, 4) is 11.5 Å². The van der Waals surface area contributed by atoms with Gasteiger partial charge < -0.3 is 10.1 Å². The summed E-state index contributed by atoms with van der Waals surface area (Å²) >= 11 is 0. The van der Waals surface area contributed by atoms with Gasteiger partial charge >= 0.3 is 0 Å². The Morgan fingerprint density at radius 3 is 2.29 bits per heavy atom. The van der Waals surface area contributed by atoms with Crippen LogP contribution >= 0.6 is 0 Å². The van der Waals surface area contributed by atoms with Crippen molar-refractivity contribution in [1.29, 1.82) is 0 Å². The van der Waals surface area contributed by atoms with E-state index in [1.165, 1.54) is 0 Å². The van der Waals surface area contributed by atoms with E-state index in [0.717, 1.165) is 5.56 Å². The second kappa shape index (κ2) is 6.74. The third-order valence-electron chi connectivity index (χ3n) is 3.12. The number of ether oxygens (including phenoxy) is 1. The van der Waals surface area contributed by atoms with Crippen LogP contribution in [0.3, 0.4) is 0 Å². The molecule has 0 aromatic heterocycles. The molecule has 0 aliphatic rings. The normalized spacial score (nSPS) is 11.3. The fourth-order valence-corrected chi connectivity index (χ4v) is 3.02. The maximum Gasteiger partial charge on any atom is 0.181 e. The van der Waals surface area contributed by atoms with E-state index >= 15 is 0 Å². The smallest absolute Gasteiger partial charge is 0.181 e. The number of para-hydroxylation sites is 2. The molecule has 0 saturated heterocycles. The third-order valence-corrected chi connectivity index (χ3v) is 4.89. The molecule has 0 atom stereocenters. The average molecular weight is 305 g/mol. The van der Waals surface area contributed by atoms with Crippen LogP contribution in [0, 0.1) is 0 Å². The first-order valence-electron chi connectivity index (χ1n) is 6.80. The molecule has 2 aromatic rings. The molecular weight excluding hydrogens is 286 g/mol. The fourth-order valence-electron chi connectivity index (χ4n) is 2.01. The van der Waals surface area contributed by atoms with Crippen LogP contribution in [0.1, 0.15) is 12.5 Å². The van der Waals surface area contributed by atoms with Crippen LogP contribution in [-0.4, -0.2) is 21.2 Å². The number of hydrogen-bond donors (Lipinski definition) is 1. The molecule has 4 nitrogen and oxygen atoms in total. The molecular formula is C16H19NO3S. The Hall–Kier alpha value is -1.85. The summed E-state index contributed by atoms with van der Waals surface area (Å²) in [4.78, 5) is 0.228. The van der Waals surface area contributed by atoms with Crippen LogP contribution in [-0.2, 0) is 16.4 Å². The molecule has 0 radical (unpaired) electrons. The molecule has 5 heteroatoms. The van der Waals surface area contributed by atoms with Gasteiger partial charge in [0.25, 0.3) is 0 Å². The van der Waals surface area contributed by atoms with Gasteiger partial charge in [-0.05, 0) is 25.2 Å². The standard InChI is InChI=1S/C16H19NO3S/c1-3-21(18,19)16-11-7-6-10-15(16)20-14-9-5-4-8-13(14)12-17-2/h4-11,17H,3,12H2,1-2H3. The summed E-state index contributed by atoms with van der Waals surface area (Å²) in [6, 6.07) is 14.3. The van der Waals surface area contributed by atoms with Crippen molar-refractivity contribution in [3.63, 3.8) is 0 Å². The number of benzene rings is 2. The molecule has 0 saturated carbocycles. The topological polar surface area (TPSA) is 55.4 Å². The lowest BCUT2D eigenvalue weighted by atomic mass is 10.2. The molecule has 2 rings (SSSR count). The van der Waals surface area contributed by atoms with E-state index in [1.807, 2.05) is 31.3 Å². The number of rotatable bonds is 6. The lowest BCUT2D eigenvalue weighted by Gasteiger charge is -2.13. The minimum atomic E-state index is -3.31. The van der Waals surface area contributed by atoms with E-state index in [0.29, 0.717) is 18.0 Å². The van der Waals surface area contributed by atoms with Crippen molar-refractivity contribution in [2.45, 2.75) is 18.4 Å². The zero-order valence-corrected chi connectivity index (χ0v) is 13.0. The quantitative estimate of drug-likeness (QED) is 0.891. The lowest BCUT2D eigenvalue weighted by molar-refractivity contribution is 0.460. The van der Waals surface area contributed by atoms with Gasteiger partial charge in [0.1, 0.15) is 16.4 Å². The molecule has 1 N–H and O–H groups in total. The van der Waals surface area contributed by atoms with E-state index in [2.05, 4.69) is 5.32 Å². The van der Waals surface area contributed by atoms with Gasteiger partial charge in [0.15, 0.2) is 9.84 Å². The van der Waals surface area contributed by atoms with E-state index in [9.17, 15) is 8.42 Å². The fraction of sp³-hybridized carbons (Fsp3) is 0.250. The minimum absolute atomic E-state index is 0.0472. The molecule has 0 aliphatic carbocycles.